The van der Waals surface area contributed by atoms with Crippen LogP contribution < -0.4 is 0 Å². The molecule has 88 valence electrons. The molecule has 18 heavy (non-hydrogen) atoms. The first-order valence-corrected chi connectivity index (χ1v) is 6.25. The van der Waals surface area contributed by atoms with Crippen LogP contribution >= 0.6 is 0 Å². The highest BCUT2D eigenvalue weighted by Crippen LogP contribution is 2.24. The zero-order valence-electron chi connectivity index (χ0n) is 10.4. The summed E-state index contributed by atoms with van der Waals surface area (Å²) in [5.41, 5.74) is 3.50. The van der Waals surface area contributed by atoms with Gasteiger partial charge in [-0.15, -0.1) is 0 Å². The van der Waals surface area contributed by atoms with E-state index >= 15 is 0 Å². The number of aromatic nitrogens is 1. The van der Waals surface area contributed by atoms with Crippen molar-refractivity contribution >= 4 is 10.9 Å². The third kappa shape index (κ3) is 2.00. The Morgan fingerprint density at radius 1 is 0.778 bits per heavy atom. The second kappa shape index (κ2) is 4.61. The van der Waals surface area contributed by atoms with Crippen molar-refractivity contribution in [3.05, 3.63) is 78.0 Å². The average Bonchev–Trinajstić information content (AvgIpc) is 2.47. The number of rotatable bonds is 2. The Morgan fingerprint density at radius 2 is 1.50 bits per heavy atom. The lowest BCUT2D eigenvalue weighted by Gasteiger charge is -2.12. The molecule has 0 spiro atoms. The molecule has 0 aliphatic carbocycles. The van der Waals surface area contributed by atoms with Gasteiger partial charge >= 0.3 is 0 Å². The Balaban J connectivity index is 2.04. The van der Waals surface area contributed by atoms with E-state index in [9.17, 15) is 0 Å². The fourth-order valence-electron chi connectivity index (χ4n) is 2.24. The molecule has 1 heterocycles. The van der Waals surface area contributed by atoms with Gasteiger partial charge in [-0.1, -0.05) is 61.5 Å². The first kappa shape index (κ1) is 11.0. The highest BCUT2D eigenvalue weighted by Gasteiger charge is 2.09. The Kier molecular flexibility index (Phi) is 2.81. The maximum absolute atomic E-state index is 4.75. The molecule has 3 rings (SSSR count). The summed E-state index contributed by atoms with van der Waals surface area (Å²) in [6, 6.07) is 23.0. The van der Waals surface area contributed by atoms with Gasteiger partial charge in [0.05, 0.1) is 5.52 Å². The molecule has 0 aliphatic heterocycles. The van der Waals surface area contributed by atoms with Crippen LogP contribution in [0.5, 0.6) is 0 Å². The van der Waals surface area contributed by atoms with E-state index in [0.717, 1.165) is 11.2 Å². The van der Waals surface area contributed by atoms with E-state index in [1.54, 1.807) is 0 Å². The van der Waals surface area contributed by atoms with Crippen LogP contribution in [0, 0.1) is 0 Å². The number of nitrogens with zero attached hydrogens (tertiary/aromatic N) is 1. The molecule has 0 amide bonds. The van der Waals surface area contributed by atoms with Crippen LogP contribution in [-0.2, 0) is 0 Å². The molecular formula is C17H15N. The van der Waals surface area contributed by atoms with Gasteiger partial charge in [-0.3, -0.25) is 4.98 Å². The fraction of sp³-hybridized carbons (Fsp3) is 0.118. The quantitative estimate of drug-likeness (QED) is 0.639. The molecule has 0 unspecified atom stereocenters. The molecule has 0 fully saturated rings. The number of benzene rings is 2. The largest absolute Gasteiger partial charge is 0.252 e. The molecule has 3 aromatic rings. The summed E-state index contributed by atoms with van der Waals surface area (Å²) in [5, 5.41) is 1.20. The third-order valence-electron chi connectivity index (χ3n) is 3.36. The summed E-state index contributed by atoms with van der Waals surface area (Å²) in [6.45, 7) is 2.20. The van der Waals surface area contributed by atoms with Crippen LogP contribution in [0.15, 0.2) is 66.7 Å². The maximum Gasteiger partial charge on any atom is 0.0705 e. The van der Waals surface area contributed by atoms with Crippen molar-refractivity contribution in [1.29, 1.82) is 0 Å². The van der Waals surface area contributed by atoms with E-state index in [2.05, 4.69) is 55.5 Å². The first-order valence-electron chi connectivity index (χ1n) is 6.25. The SMILES string of the molecule is C[C@H](c1ccccc1)c1ccc2ccccc2n1. The molecule has 1 heteroatoms. The monoisotopic (exact) mass is 233 g/mol. The lowest BCUT2D eigenvalue weighted by molar-refractivity contribution is 0.880. The molecule has 0 N–H and O–H groups in total. The topological polar surface area (TPSA) is 12.9 Å². The van der Waals surface area contributed by atoms with Crippen molar-refractivity contribution in [2.75, 3.05) is 0 Å². The first-order chi connectivity index (χ1) is 8.84. The summed E-state index contributed by atoms with van der Waals surface area (Å²) < 4.78 is 0. The fourth-order valence-corrected chi connectivity index (χ4v) is 2.24. The summed E-state index contributed by atoms with van der Waals surface area (Å²) in [7, 11) is 0. The van der Waals surface area contributed by atoms with E-state index in [1.807, 2.05) is 18.2 Å². The molecule has 0 saturated heterocycles. The summed E-state index contributed by atoms with van der Waals surface area (Å²) in [6.07, 6.45) is 0. The minimum Gasteiger partial charge on any atom is -0.252 e. The van der Waals surface area contributed by atoms with Crippen molar-refractivity contribution in [3.8, 4) is 0 Å². The minimum atomic E-state index is 0.329. The average molecular weight is 233 g/mol. The molecule has 1 aromatic heterocycles. The summed E-state index contributed by atoms with van der Waals surface area (Å²) >= 11 is 0. The van der Waals surface area contributed by atoms with Crippen molar-refractivity contribution < 1.29 is 0 Å². The van der Waals surface area contributed by atoms with Gasteiger partial charge < -0.3 is 0 Å². The normalized spacial score (nSPS) is 12.5. The van der Waals surface area contributed by atoms with Crippen molar-refractivity contribution in [2.45, 2.75) is 12.8 Å². The molecule has 2 aromatic carbocycles. The molecule has 0 aliphatic rings. The van der Waals surface area contributed by atoms with Gasteiger partial charge in [0.1, 0.15) is 0 Å². The van der Waals surface area contributed by atoms with Crippen molar-refractivity contribution in [1.82, 2.24) is 4.98 Å². The molecule has 1 nitrogen and oxygen atoms in total. The number of hydrogen-bond acceptors (Lipinski definition) is 1. The number of pyridine rings is 1. The summed E-state index contributed by atoms with van der Waals surface area (Å²) in [4.78, 5) is 4.75. The van der Waals surface area contributed by atoms with E-state index < -0.39 is 0 Å². The Labute approximate surface area is 107 Å². The van der Waals surface area contributed by atoms with Crippen molar-refractivity contribution in [2.24, 2.45) is 0 Å². The van der Waals surface area contributed by atoms with Gasteiger partial charge in [0.2, 0.25) is 0 Å². The van der Waals surface area contributed by atoms with E-state index in [4.69, 9.17) is 4.98 Å². The number of para-hydroxylation sites is 1. The van der Waals surface area contributed by atoms with E-state index in [0.29, 0.717) is 5.92 Å². The van der Waals surface area contributed by atoms with Gasteiger partial charge in [0.15, 0.2) is 0 Å². The van der Waals surface area contributed by atoms with Gasteiger partial charge in [-0.25, -0.2) is 0 Å². The molecule has 1 atom stereocenters. The second-order valence-corrected chi connectivity index (χ2v) is 4.56. The standard InChI is InChI=1S/C17H15N/c1-13(14-7-3-2-4-8-14)16-12-11-15-9-5-6-10-17(15)18-16/h2-13H,1H3/t13-/m1/s1. The molecule has 0 bridgehead atoms. The van der Waals surface area contributed by atoms with Gasteiger partial charge in [0, 0.05) is 17.0 Å². The lowest BCUT2D eigenvalue weighted by Crippen LogP contribution is -1.98. The number of fused-ring (bicyclic) bond motifs is 1. The molecule has 0 saturated carbocycles. The van der Waals surface area contributed by atoms with Crippen LogP contribution in [0.25, 0.3) is 10.9 Å². The van der Waals surface area contributed by atoms with Crippen LogP contribution in [0.3, 0.4) is 0 Å². The van der Waals surface area contributed by atoms with Crippen LogP contribution in [0.4, 0.5) is 0 Å². The highest BCUT2D eigenvalue weighted by molar-refractivity contribution is 5.78. The van der Waals surface area contributed by atoms with Gasteiger partial charge in [-0.05, 0) is 17.7 Å². The smallest absolute Gasteiger partial charge is 0.0705 e. The van der Waals surface area contributed by atoms with E-state index in [-0.39, 0.29) is 0 Å². The zero-order chi connectivity index (χ0) is 12.4. The Hall–Kier alpha value is -2.15. The van der Waals surface area contributed by atoms with Gasteiger partial charge in [0.25, 0.3) is 0 Å². The zero-order valence-corrected chi connectivity index (χ0v) is 10.4. The Morgan fingerprint density at radius 3 is 2.33 bits per heavy atom. The third-order valence-corrected chi connectivity index (χ3v) is 3.36. The lowest BCUT2D eigenvalue weighted by atomic mass is 9.97. The maximum atomic E-state index is 4.75. The highest BCUT2D eigenvalue weighted by atomic mass is 14.7. The molecule has 0 radical (unpaired) electrons. The second-order valence-electron chi connectivity index (χ2n) is 4.56. The van der Waals surface area contributed by atoms with Gasteiger partial charge in [-0.2, -0.15) is 0 Å². The molecular weight excluding hydrogens is 218 g/mol. The van der Waals surface area contributed by atoms with E-state index in [1.165, 1.54) is 10.9 Å². The van der Waals surface area contributed by atoms with Crippen LogP contribution in [0.1, 0.15) is 24.1 Å². The number of hydrogen-bond donors (Lipinski definition) is 0. The van der Waals surface area contributed by atoms with Crippen LogP contribution in [0.2, 0.25) is 0 Å². The predicted octanol–water partition coefficient (Wildman–Crippen LogP) is 4.39. The summed E-state index contributed by atoms with van der Waals surface area (Å²) in [5.74, 6) is 0.329. The van der Waals surface area contributed by atoms with Crippen molar-refractivity contribution in [3.63, 3.8) is 0 Å². The predicted molar refractivity (Wildman–Crippen MR) is 75.7 cm³/mol. The van der Waals surface area contributed by atoms with Crippen LogP contribution in [-0.4, -0.2) is 4.98 Å². The Bertz CT molecular complexity index is 659. The minimum absolute atomic E-state index is 0.329.